The van der Waals surface area contributed by atoms with Crippen LogP contribution in [0.4, 0.5) is 0 Å². The highest BCUT2D eigenvalue weighted by Gasteiger charge is 2.39. The van der Waals surface area contributed by atoms with Gasteiger partial charge in [0.25, 0.3) is 0 Å². The number of nitrogens with zero attached hydrogens (tertiary/aromatic N) is 1. The molecule has 0 aromatic rings. The normalized spacial score (nSPS) is 24.4. The van der Waals surface area contributed by atoms with E-state index in [1.54, 1.807) is 11.9 Å². The maximum Gasteiger partial charge on any atom is 0.308 e. The van der Waals surface area contributed by atoms with Crippen molar-refractivity contribution in [2.24, 2.45) is 11.8 Å². The average Bonchev–Trinajstić information content (AvgIpc) is 2.35. The van der Waals surface area contributed by atoms with E-state index in [1.165, 1.54) is 0 Å². The van der Waals surface area contributed by atoms with Gasteiger partial charge in [-0.2, -0.15) is 0 Å². The van der Waals surface area contributed by atoms with Gasteiger partial charge < -0.3 is 10.0 Å². The zero-order valence-corrected chi connectivity index (χ0v) is 8.86. The molecule has 2 unspecified atom stereocenters. The number of carbonyl (C=O) groups is 2. The van der Waals surface area contributed by atoms with Crippen molar-refractivity contribution in [2.75, 3.05) is 7.05 Å². The van der Waals surface area contributed by atoms with E-state index in [1.807, 2.05) is 13.8 Å². The second-order valence-corrected chi connectivity index (χ2v) is 4.22. The first-order valence-corrected chi connectivity index (χ1v) is 4.93. The second-order valence-electron chi connectivity index (χ2n) is 4.22. The molecule has 1 aliphatic heterocycles. The van der Waals surface area contributed by atoms with E-state index in [9.17, 15) is 9.59 Å². The van der Waals surface area contributed by atoms with Crippen LogP contribution >= 0.6 is 0 Å². The van der Waals surface area contributed by atoms with Crippen LogP contribution in [0.2, 0.25) is 0 Å². The van der Waals surface area contributed by atoms with Gasteiger partial charge in [-0.05, 0) is 12.3 Å². The molecule has 0 saturated carbocycles. The molecule has 80 valence electrons. The van der Waals surface area contributed by atoms with Crippen LogP contribution in [-0.2, 0) is 9.59 Å². The van der Waals surface area contributed by atoms with Crippen LogP contribution in [0.5, 0.6) is 0 Å². The summed E-state index contributed by atoms with van der Waals surface area (Å²) in [6.07, 6.45) is 1.15. The summed E-state index contributed by atoms with van der Waals surface area (Å²) < 4.78 is 0. The van der Waals surface area contributed by atoms with Crippen LogP contribution in [-0.4, -0.2) is 35.0 Å². The highest BCUT2D eigenvalue weighted by Crippen LogP contribution is 2.28. The molecule has 2 atom stereocenters. The van der Waals surface area contributed by atoms with Gasteiger partial charge in [-0.3, -0.25) is 9.59 Å². The number of likely N-dealkylation sites (tertiary alicyclic amines) is 1. The number of carboxylic acid groups (broad SMARTS) is 1. The van der Waals surface area contributed by atoms with Crippen molar-refractivity contribution in [3.05, 3.63) is 0 Å². The molecule has 0 aromatic carbocycles. The monoisotopic (exact) mass is 199 g/mol. The van der Waals surface area contributed by atoms with Crippen molar-refractivity contribution in [1.29, 1.82) is 0 Å². The van der Waals surface area contributed by atoms with Crippen molar-refractivity contribution in [1.82, 2.24) is 4.90 Å². The van der Waals surface area contributed by atoms with Gasteiger partial charge in [0.2, 0.25) is 5.91 Å². The lowest BCUT2D eigenvalue weighted by Crippen LogP contribution is -2.41. The Morgan fingerprint density at radius 3 is 2.43 bits per heavy atom. The Hall–Kier alpha value is -1.06. The van der Waals surface area contributed by atoms with Crippen LogP contribution in [0.25, 0.3) is 0 Å². The number of aliphatic carboxylic acids is 1. The predicted molar refractivity (Wildman–Crippen MR) is 51.8 cm³/mol. The fraction of sp³-hybridized carbons (Fsp3) is 0.800. The zero-order valence-electron chi connectivity index (χ0n) is 8.86. The van der Waals surface area contributed by atoms with E-state index in [4.69, 9.17) is 5.11 Å². The molecule has 0 aromatic heterocycles. The van der Waals surface area contributed by atoms with Gasteiger partial charge in [-0.15, -0.1) is 0 Å². The predicted octanol–water partition coefficient (Wildman–Crippen LogP) is 0.964. The topological polar surface area (TPSA) is 57.6 Å². The molecule has 1 aliphatic rings. The first-order chi connectivity index (χ1) is 6.45. The van der Waals surface area contributed by atoms with Gasteiger partial charge in [0.1, 0.15) is 0 Å². The summed E-state index contributed by atoms with van der Waals surface area (Å²) >= 11 is 0. The Morgan fingerprint density at radius 2 is 2.14 bits per heavy atom. The van der Waals surface area contributed by atoms with E-state index in [0.29, 0.717) is 12.8 Å². The van der Waals surface area contributed by atoms with E-state index in [0.717, 1.165) is 0 Å². The van der Waals surface area contributed by atoms with E-state index >= 15 is 0 Å². The van der Waals surface area contributed by atoms with E-state index < -0.39 is 11.9 Å². The van der Waals surface area contributed by atoms with Gasteiger partial charge >= 0.3 is 5.97 Å². The third-order valence-corrected chi connectivity index (χ3v) is 2.96. The van der Waals surface area contributed by atoms with Crippen molar-refractivity contribution in [2.45, 2.75) is 32.7 Å². The maximum absolute atomic E-state index is 11.3. The molecule has 0 spiro atoms. The average molecular weight is 199 g/mol. The number of amides is 1. The Morgan fingerprint density at radius 1 is 1.57 bits per heavy atom. The fourth-order valence-corrected chi connectivity index (χ4v) is 2.14. The SMILES string of the molecule is CC(C)C(C(=O)O)C1CCC(=O)N1C. The van der Waals surface area contributed by atoms with Crippen LogP contribution in [0.3, 0.4) is 0 Å². The summed E-state index contributed by atoms with van der Waals surface area (Å²) in [4.78, 5) is 23.9. The number of carbonyl (C=O) groups excluding carboxylic acids is 1. The van der Waals surface area contributed by atoms with E-state index in [2.05, 4.69) is 0 Å². The lowest BCUT2D eigenvalue weighted by molar-refractivity contribution is -0.146. The highest BCUT2D eigenvalue weighted by molar-refractivity contribution is 5.80. The van der Waals surface area contributed by atoms with Gasteiger partial charge in [0, 0.05) is 19.5 Å². The third kappa shape index (κ3) is 1.89. The minimum Gasteiger partial charge on any atom is -0.481 e. The number of rotatable bonds is 3. The Balaban J connectivity index is 2.79. The lowest BCUT2D eigenvalue weighted by atomic mass is 9.87. The third-order valence-electron chi connectivity index (χ3n) is 2.96. The Bertz CT molecular complexity index is 250. The summed E-state index contributed by atoms with van der Waals surface area (Å²) in [6.45, 7) is 3.77. The fourth-order valence-electron chi connectivity index (χ4n) is 2.14. The molecule has 1 amide bonds. The molecule has 1 heterocycles. The summed E-state index contributed by atoms with van der Waals surface area (Å²) in [6, 6.07) is -0.125. The molecule has 1 rings (SSSR count). The Kier molecular flexibility index (Phi) is 3.13. The zero-order chi connectivity index (χ0) is 10.9. The molecule has 1 saturated heterocycles. The number of hydrogen-bond donors (Lipinski definition) is 1. The molecule has 14 heavy (non-hydrogen) atoms. The summed E-state index contributed by atoms with van der Waals surface area (Å²) in [5.74, 6) is -1.12. The number of hydrogen-bond acceptors (Lipinski definition) is 2. The smallest absolute Gasteiger partial charge is 0.308 e. The van der Waals surface area contributed by atoms with Gasteiger partial charge in [-0.1, -0.05) is 13.8 Å². The first kappa shape index (κ1) is 11.0. The molecule has 0 aliphatic carbocycles. The van der Waals surface area contributed by atoms with Gasteiger partial charge in [-0.25, -0.2) is 0 Å². The van der Waals surface area contributed by atoms with Crippen molar-refractivity contribution in [3.8, 4) is 0 Å². The molecular weight excluding hydrogens is 182 g/mol. The summed E-state index contributed by atoms with van der Waals surface area (Å²) in [7, 11) is 1.69. The van der Waals surface area contributed by atoms with Crippen molar-refractivity contribution < 1.29 is 14.7 Å². The van der Waals surface area contributed by atoms with E-state index in [-0.39, 0.29) is 17.9 Å². The Labute approximate surface area is 83.9 Å². The first-order valence-electron chi connectivity index (χ1n) is 4.93. The second kappa shape index (κ2) is 3.98. The number of carboxylic acids is 1. The van der Waals surface area contributed by atoms with Crippen LogP contribution in [0.1, 0.15) is 26.7 Å². The molecule has 1 N–H and O–H groups in total. The van der Waals surface area contributed by atoms with Crippen LogP contribution < -0.4 is 0 Å². The lowest BCUT2D eigenvalue weighted by Gasteiger charge is -2.28. The molecule has 4 nitrogen and oxygen atoms in total. The minimum absolute atomic E-state index is 0.0573. The summed E-state index contributed by atoms with van der Waals surface area (Å²) in [5, 5.41) is 9.07. The van der Waals surface area contributed by atoms with Crippen molar-refractivity contribution >= 4 is 11.9 Å². The van der Waals surface area contributed by atoms with Gasteiger partial charge in [0.05, 0.1) is 5.92 Å². The maximum atomic E-state index is 11.3. The highest BCUT2D eigenvalue weighted by atomic mass is 16.4. The van der Waals surface area contributed by atoms with Crippen LogP contribution in [0.15, 0.2) is 0 Å². The molecular formula is C10H17NO3. The largest absolute Gasteiger partial charge is 0.481 e. The van der Waals surface area contributed by atoms with Gasteiger partial charge in [0.15, 0.2) is 0 Å². The molecule has 0 bridgehead atoms. The van der Waals surface area contributed by atoms with Crippen molar-refractivity contribution in [3.63, 3.8) is 0 Å². The molecule has 4 heteroatoms. The summed E-state index contributed by atoms with van der Waals surface area (Å²) in [5.41, 5.74) is 0. The molecule has 1 fully saturated rings. The van der Waals surface area contributed by atoms with Crippen LogP contribution in [0, 0.1) is 11.8 Å². The standard InChI is InChI=1S/C10H17NO3/c1-6(2)9(10(13)14)7-4-5-8(12)11(7)3/h6-7,9H,4-5H2,1-3H3,(H,13,14). The molecule has 0 radical (unpaired) electrons. The quantitative estimate of drug-likeness (QED) is 0.736. The minimum atomic E-state index is -0.799.